The van der Waals surface area contributed by atoms with E-state index in [9.17, 15) is 4.79 Å². The smallest absolute Gasteiger partial charge is 0.250 e. The van der Waals surface area contributed by atoms with Crippen molar-refractivity contribution in [3.8, 4) is 5.75 Å². The van der Waals surface area contributed by atoms with E-state index >= 15 is 0 Å². The van der Waals surface area contributed by atoms with Crippen molar-refractivity contribution in [2.45, 2.75) is 26.5 Å². The van der Waals surface area contributed by atoms with Crippen molar-refractivity contribution in [2.24, 2.45) is 0 Å². The van der Waals surface area contributed by atoms with Gasteiger partial charge >= 0.3 is 0 Å². The molecule has 0 bridgehead atoms. The van der Waals surface area contributed by atoms with E-state index in [0.29, 0.717) is 17.4 Å². The van der Waals surface area contributed by atoms with E-state index in [1.54, 1.807) is 19.3 Å². The number of aryl methyl sites for hydroxylation is 1. The van der Waals surface area contributed by atoms with Crippen molar-refractivity contribution >= 4 is 22.4 Å². The van der Waals surface area contributed by atoms with Crippen LogP contribution >= 0.6 is 11.3 Å². The van der Waals surface area contributed by atoms with Crippen LogP contribution in [0.3, 0.4) is 0 Å². The molecule has 0 spiro atoms. The topological polar surface area (TPSA) is 81.9 Å². The third-order valence-corrected chi connectivity index (χ3v) is 4.14. The Balaban J connectivity index is 1.58. The molecule has 0 unspecified atom stereocenters. The number of amides is 1. The number of carbonyl (C=O) groups is 1. The van der Waals surface area contributed by atoms with Crippen LogP contribution in [0.4, 0.5) is 5.13 Å². The summed E-state index contributed by atoms with van der Waals surface area (Å²) >= 11 is 1.43. The molecule has 0 saturated carbocycles. The van der Waals surface area contributed by atoms with E-state index in [4.69, 9.17) is 4.74 Å². The van der Waals surface area contributed by atoms with Crippen molar-refractivity contribution in [1.82, 2.24) is 20.0 Å². The first-order valence-corrected chi connectivity index (χ1v) is 8.25. The molecule has 2 heterocycles. The fourth-order valence-electron chi connectivity index (χ4n) is 1.99. The third-order valence-electron chi connectivity index (χ3n) is 3.32. The number of rotatable bonds is 6. The molecule has 1 aromatic carbocycles. The Morgan fingerprint density at radius 1 is 1.38 bits per heavy atom. The summed E-state index contributed by atoms with van der Waals surface area (Å²) in [5, 5.41) is 11.4. The van der Waals surface area contributed by atoms with Crippen LogP contribution in [0.1, 0.15) is 23.5 Å². The summed E-state index contributed by atoms with van der Waals surface area (Å²) in [7, 11) is 0. The van der Waals surface area contributed by atoms with Crippen LogP contribution in [-0.2, 0) is 11.4 Å². The number of carbonyl (C=O) groups excluding carboxylic acids is 1. The van der Waals surface area contributed by atoms with Crippen molar-refractivity contribution in [3.05, 3.63) is 53.3 Å². The van der Waals surface area contributed by atoms with Crippen LogP contribution in [0.15, 0.2) is 42.7 Å². The molecule has 24 heavy (non-hydrogen) atoms. The molecule has 8 heteroatoms. The van der Waals surface area contributed by atoms with E-state index in [-0.39, 0.29) is 5.91 Å². The molecular formula is C16H17N5O2S. The Morgan fingerprint density at radius 2 is 2.17 bits per heavy atom. The maximum absolute atomic E-state index is 12.2. The highest BCUT2D eigenvalue weighted by Gasteiger charge is 2.18. The third kappa shape index (κ3) is 3.96. The number of hydrogen-bond acceptors (Lipinski definition) is 6. The van der Waals surface area contributed by atoms with Gasteiger partial charge in [-0.1, -0.05) is 23.4 Å². The number of nitrogens with zero attached hydrogens (tertiary/aromatic N) is 4. The number of benzene rings is 1. The highest BCUT2D eigenvalue weighted by atomic mass is 32.1. The van der Waals surface area contributed by atoms with Gasteiger partial charge in [-0.15, -0.1) is 16.4 Å². The molecule has 0 radical (unpaired) electrons. The van der Waals surface area contributed by atoms with Crippen LogP contribution in [0.25, 0.3) is 0 Å². The minimum absolute atomic E-state index is 0.190. The Labute approximate surface area is 143 Å². The number of nitrogens with one attached hydrogen (secondary N) is 1. The summed E-state index contributed by atoms with van der Waals surface area (Å²) in [4.78, 5) is 17.4. The van der Waals surface area contributed by atoms with Gasteiger partial charge in [-0.05, 0) is 26.0 Å². The van der Waals surface area contributed by atoms with Crippen LogP contribution < -0.4 is 10.1 Å². The van der Waals surface area contributed by atoms with Gasteiger partial charge in [0.1, 0.15) is 24.1 Å². The van der Waals surface area contributed by atoms with Gasteiger partial charge in [-0.3, -0.25) is 4.79 Å². The van der Waals surface area contributed by atoms with Crippen LogP contribution in [0, 0.1) is 6.92 Å². The van der Waals surface area contributed by atoms with Crippen molar-refractivity contribution in [3.63, 3.8) is 0 Å². The standard InChI is InChI=1S/C16H17N5O2S/c1-11-8-17-16(24-11)18-15(22)12(2)21-9-13(19-20-21)10-23-14-6-4-3-5-7-14/h3-9,12H,10H2,1-2H3,(H,17,18,22)/t12-/m1/s1. The lowest BCUT2D eigenvalue weighted by molar-refractivity contribution is -0.119. The number of hydrogen-bond donors (Lipinski definition) is 1. The molecule has 0 aliphatic carbocycles. The van der Waals surface area contributed by atoms with Crippen LogP contribution in [-0.4, -0.2) is 25.9 Å². The lowest BCUT2D eigenvalue weighted by Crippen LogP contribution is -2.24. The van der Waals surface area contributed by atoms with Crippen LogP contribution in [0.5, 0.6) is 5.75 Å². The Morgan fingerprint density at radius 3 is 2.88 bits per heavy atom. The first kappa shape index (κ1) is 16.1. The quantitative estimate of drug-likeness (QED) is 0.744. The summed E-state index contributed by atoms with van der Waals surface area (Å²) in [5.74, 6) is 0.571. The second-order valence-corrected chi connectivity index (χ2v) is 6.47. The lowest BCUT2D eigenvalue weighted by atomic mass is 10.3. The van der Waals surface area contributed by atoms with E-state index in [1.165, 1.54) is 16.0 Å². The molecule has 1 amide bonds. The molecule has 0 aliphatic heterocycles. The maximum Gasteiger partial charge on any atom is 0.250 e. The summed E-state index contributed by atoms with van der Waals surface area (Å²) in [5.41, 5.74) is 0.656. The van der Waals surface area contributed by atoms with E-state index < -0.39 is 6.04 Å². The predicted octanol–water partition coefficient (Wildman–Crippen LogP) is 2.82. The molecule has 3 rings (SSSR count). The van der Waals surface area contributed by atoms with Crippen molar-refractivity contribution in [1.29, 1.82) is 0 Å². The molecule has 3 aromatic rings. The molecule has 2 aromatic heterocycles. The number of aromatic nitrogens is 4. The average molecular weight is 343 g/mol. The Kier molecular flexibility index (Phi) is 4.85. The molecule has 0 fully saturated rings. The molecule has 0 aliphatic rings. The van der Waals surface area contributed by atoms with Gasteiger partial charge in [0.2, 0.25) is 0 Å². The van der Waals surface area contributed by atoms with Crippen LogP contribution in [0.2, 0.25) is 0 Å². The minimum Gasteiger partial charge on any atom is -0.487 e. The largest absolute Gasteiger partial charge is 0.487 e. The monoisotopic (exact) mass is 343 g/mol. The molecule has 1 N–H and O–H groups in total. The maximum atomic E-state index is 12.2. The van der Waals surface area contributed by atoms with Gasteiger partial charge in [0.25, 0.3) is 5.91 Å². The minimum atomic E-state index is -0.493. The van der Waals surface area contributed by atoms with E-state index in [0.717, 1.165) is 10.6 Å². The zero-order valence-corrected chi connectivity index (χ0v) is 14.2. The normalized spacial score (nSPS) is 11.9. The highest BCUT2D eigenvalue weighted by Crippen LogP contribution is 2.18. The van der Waals surface area contributed by atoms with Crippen molar-refractivity contribution in [2.75, 3.05) is 5.32 Å². The number of para-hydroxylation sites is 1. The van der Waals surface area contributed by atoms with E-state index in [1.807, 2.05) is 37.3 Å². The van der Waals surface area contributed by atoms with Gasteiger partial charge in [0, 0.05) is 11.1 Å². The average Bonchev–Trinajstić information content (AvgIpc) is 3.22. The summed E-state index contributed by atoms with van der Waals surface area (Å²) in [6.45, 7) is 3.99. The Hall–Kier alpha value is -2.74. The van der Waals surface area contributed by atoms with Gasteiger partial charge in [0.15, 0.2) is 5.13 Å². The molecule has 1 atom stereocenters. The van der Waals surface area contributed by atoms with Gasteiger partial charge in [-0.2, -0.15) is 0 Å². The zero-order chi connectivity index (χ0) is 16.9. The van der Waals surface area contributed by atoms with Crippen molar-refractivity contribution < 1.29 is 9.53 Å². The fourth-order valence-corrected chi connectivity index (χ4v) is 2.65. The zero-order valence-electron chi connectivity index (χ0n) is 13.3. The SMILES string of the molecule is Cc1cnc(NC(=O)[C@@H](C)n2cc(COc3ccccc3)nn2)s1. The lowest BCUT2D eigenvalue weighted by Gasteiger charge is -2.10. The molecule has 124 valence electrons. The summed E-state index contributed by atoms with van der Waals surface area (Å²) < 4.78 is 7.13. The second kappa shape index (κ2) is 7.22. The first-order valence-electron chi connectivity index (χ1n) is 7.43. The summed E-state index contributed by atoms with van der Waals surface area (Å²) in [6.07, 6.45) is 3.43. The van der Waals surface area contributed by atoms with Gasteiger partial charge < -0.3 is 10.1 Å². The first-order chi connectivity index (χ1) is 11.6. The molecular weight excluding hydrogens is 326 g/mol. The molecule has 0 saturated heterocycles. The second-order valence-electron chi connectivity index (χ2n) is 5.23. The predicted molar refractivity (Wildman–Crippen MR) is 91.0 cm³/mol. The Bertz CT molecular complexity index is 815. The van der Waals surface area contributed by atoms with E-state index in [2.05, 4.69) is 20.6 Å². The molecule has 7 nitrogen and oxygen atoms in total. The highest BCUT2D eigenvalue weighted by molar-refractivity contribution is 7.15. The summed E-state index contributed by atoms with van der Waals surface area (Å²) in [6, 6.07) is 8.98. The van der Waals surface area contributed by atoms with Gasteiger partial charge in [0.05, 0.1) is 6.20 Å². The number of thiazole rings is 1. The number of ether oxygens (including phenoxy) is 1. The fraction of sp³-hybridized carbons (Fsp3) is 0.250. The number of anilines is 1. The van der Waals surface area contributed by atoms with Gasteiger partial charge in [-0.25, -0.2) is 9.67 Å².